The van der Waals surface area contributed by atoms with Gasteiger partial charge in [-0.15, -0.1) is 0 Å². The zero-order valence-electron chi connectivity index (χ0n) is 12.5. The van der Waals surface area contributed by atoms with Gasteiger partial charge in [-0.25, -0.2) is 4.98 Å². The van der Waals surface area contributed by atoms with Crippen molar-refractivity contribution in [2.45, 2.75) is 38.3 Å². The van der Waals surface area contributed by atoms with Gasteiger partial charge in [0.25, 0.3) is 0 Å². The number of aromatic nitrogens is 2. The van der Waals surface area contributed by atoms with Crippen LogP contribution in [0.4, 0.5) is 0 Å². The molecule has 0 bridgehead atoms. The average Bonchev–Trinajstić information content (AvgIpc) is 3.21. The number of aryl methyl sites for hydroxylation is 1. The van der Waals surface area contributed by atoms with Gasteiger partial charge in [-0.05, 0) is 26.3 Å². The van der Waals surface area contributed by atoms with Crippen LogP contribution in [0.5, 0.6) is 0 Å². The fourth-order valence-electron chi connectivity index (χ4n) is 3.00. The molecular formula is C15H24N4O. The largest absolute Gasteiger partial charge is 0.344 e. The lowest BCUT2D eigenvalue weighted by molar-refractivity contribution is -0.135. The molecule has 1 atom stereocenters. The molecule has 20 heavy (non-hydrogen) atoms. The van der Waals surface area contributed by atoms with Gasteiger partial charge in [0.15, 0.2) is 0 Å². The van der Waals surface area contributed by atoms with E-state index in [2.05, 4.69) is 21.5 Å². The number of fused-ring (bicyclic) bond motifs is 1. The highest BCUT2D eigenvalue weighted by molar-refractivity contribution is 5.78. The highest BCUT2D eigenvalue weighted by atomic mass is 16.2. The van der Waals surface area contributed by atoms with Gasteiger partial charge in [0, 0.05) is 51.5 Å². The summed E-state index contributed by atoms with van der Waals surface area (Å²) in [6.45, 7) is 2.60. The van der Waals surface area contributed by atoms with Crippen molar-refractivity contribution in [2.24, 2.45) is 5.92 Å². The van der Waals surface area contributed by atoms with Crippen molar-refractivity contribution >= 4 is 5.91 Å². The number of carbonyl (C=O) groups is 1. The van der Waals surface area contributed by atoms with Gasteiger partial charge in [0.2, 0.25) is 5.91 Å². The van der Waals surface area contributed by atoms with E-state index in [4.69, 9.17) is 0 Å². The van der Waals surface area contributed by atoms with Gasteiger partial charge >= 0.3 is 0 Å². The molecule has 5 heteroatoms. The van der Waals surface area contributed by atoms with Crippen molar-refractivity contribution in [1.82, 2.24) is 19.4 Å². The fraction of sp³-hybridized carbons (Fsp3) is 0.733. The van der Waals surface area contributed by atoms with Crippen LogP contribution < -0.4 is 0 Å². The van der Waals surface area contributed by atoms with Gasteiger partial charge in [0.1, 0.15) is 5.82 Å². The summed E-state index contributed by atoms with van der Waals surface area (Å²) in [6.07, 6.45) is 8.30. The molecule has 1 saturated carbocycles. The number of hydrogen-bond acceptors (Lipinski definition) is 3. The summed E-state index contributed by atoms with van der Waals surface area (Å²) in [5.41, 5.74) is 0. The van der Waals surface area contributed by atoms with Crippen molar-refractivity contribution in [3.8, 4) is 0 Å². The van der Waals surface area contributed by atoms with E-state index < -0.39 is 0 Å². The van der Waals surface area contributed by atoms with Crippen LogP contribution in [0.3, 0.4) is 0 Å². The SMILES string of the molecule is CN(CCN(C)C1CC1)C(=O)C1CCc2nccn2C1. The zero-order chi connectivity index (χ0) is 14.1. The van der Waals surface area contributed by atoms with E-state index in [0.29, 0.717) is 0 Å². The van der Waals surface area contributed by atoms with Gasteiger partial charge < -0.3 is 14.4 Å². The molecule has 1 aromatic rings. The maximum atomic E-state index is 12.5. The Kier molecular flexibility index (Phi) is 3.78. The molecule has 0 aromatic carbocycles. The standard InChI is InChI=1S/C15H24N4O/c1-17(13-4-5-13)9-10-18(2)15(20)12-3-6-14-16-7-8-19(14)11-12/h7-8,12-13H,3-6,9-11H2,1-2H3. The fourth-order valence-corrected chi connectivity index (χ4v) is 3.00. The lowest BCUT2D eigenvalue weighted by Gasteiger charge is -2.28. The van der Waals surface area contributed by atoms with E-state index >= 15 is 0 Å². The Morgan fingerprint density at radius 1 is 1.35 bits per heavy atom. The molecule has 0 N–H and O–H groups in total. The second kappa shape index (κ2) is 5.56. The minimum Gasteiger partial charge on any atom is -0.344 e. The molecule has 1 amide bonds. The smallest absolute Gasteiger partial charge is 0.227 e. The monoisotopic (exact) mass is 276 g/mol. The van der Waals surface area contributed by atoms with E-state index in [9.17, 15) is 4.79 Å². The third-order valence-corrected chi connectivity index (χ3v) is 4.62. The predicted octanol–water partition coefficient (Wildman–Crippen LogP) is 0.998. The molecule has 5 nitrogen and oxygen atoms in total. The quantitative estimate of drug-likeness (QED) is 0.805. The van der Waals surface area contributed by atoms with Crippen molar-refractivity contribution in [2.75, 3.05) is 27.2 Å². The Hall–Kier alpha value is -1.36. The summed E-state index contributed by atoms with van der Waals surface area (Å²) < 4.78 is 2.12. The van der Waals surface area contributed by atoms with Crippen LogP contribution in [0, 0.1) is 5.92 Å². The minimum absolute atomic E-state index is 0.118. The van der Waals surface area contributed by atoms with Gasteiger partial charge in [-0.3, -0.25) is 4.79 Å². The van der Waals surface area contributed by atoms with E-state index in [1.54, 1.807) is 0 Å². The Labute approximate surface area is 120 Å². The van der Waals surface area contributed by atoms with Gasteiger partial charge in [0.05, 0.1) is 5.92 Å². The van der Waals surface area contributed by atoms with Crippen LogP contribution in [0.2, 0.25) is 0 Å². The first-order valence-corrected chi connectivity index (χ1v) is 7.60. The summed E-state index contributed by atoms with van der Waals surface area (Å²) in [5.74, 6) is 1.52. The first kappa shape index (κ1) is 13.6. The number of rotatable bonds is 5. The topological polar surface area (TPSA) is 41.4 Å². The van der Waals surface area contributed by atoms with E-state index in [0.717, 1.165) is 44.3 Å². The normalized spacial score (nSPS) is 21.9. The Balaban J connectivity index is 1.50. The number of nitrogens with zero attached hydrogens (tertiary/aromatic N) is 4. The minimum atomic E-state index is 0.118. The van der Waals surface area contributed by atoms with E-state index in [1.165, 1.54) is 12.8 Å². The highest BCUT2D eigenvalue weighted by Crippen LogP contribution is 2.25. The number of imidazole rings is 1. The maximum absolute atomic E-state index is 12.5. The molecule has 3 rings (SSSR count). The zero-order valence-corrected chi connectivity index (χ0v) is 12.5. The first-order valence-electron chi connectivity index (χ1n) is 7.60. The number of hydrogen-bond donors (Lipinski definition) is 0. The van der Waals surface area contributed by atoms with Gasteiger partial charge in [-0.1, -0.05) is 0 Å². The molecule has 1 unspecified atom stereocenters. The van der Waals surface area contributed by atoms with E-state index in [1.807, 2.05) is 24.3 Å². The Bertz CT molecular complexity index is 480. The van der Waals surface area contributed by atoms with Crippen molar-refractivity contribution in [1.29, 1.82) is 0 Å². The highest BCUT2D eigenvalue weighted by Gasteiger charge is 2.29. The molecule has 0 radical (unpaired) electrons. The van der Waals surface area contributed by atoms with Crippen LogP contribution in [-0.4, -0.2) is 58.5 Å². The second-order valence-corrected chi connectivity index (χ2v) is 6.20. The summed E-state index contributed by atoms with van der Waals surface area (Å²) in [5, 5.41) is 0. The maximum Gasteiger partial charge on any atom is 0.227 e. The number of carbonyl (C=O) groups excluding carboxylic acids is 1. The summed E-state index contributed by atoms with van der Waals surface area (Å²) in [6, 6.07) is 0.765. The molecule has 110 valence electrons. The third kappa shape index (κ3) is 2.87. The summed E-state index contributed by atoms with van der Waals surface area (Å²) in [7, 11) is 4.10. The lowest BCUT2D eigenvalue weighted by Crippen LogP contribution is -2.41. The van der Waals surface area contributed by atoms with Crippen molar-refractivity contribution in [3.63, 3.8) is 0 Å². The van der Waals surface area contributed by atoms with Crippen LogP contribution in [0.1, 0.15) is 25.1 Å². The number of amides is 1. The average molecular weight is 276 g/mol. The predicted molar refractivity (Wildman–Crippen MR) is 77.3 cm³/mol. The Morgan fingerprint density at radius 2 is 2.15 bits per heavy atom. The lowest BCUT2D eigenvalue weighted by atomic mass is 9.98. The summed E-state index contributed by atoms with van der Waals surface area (Å²) in [4.78, 5) is 21.1. The van der Waals surface area contributed by atoms with Crippen LogP contribution in [-0.2, 0) is 17.8 Å². The molecule has 2 aliphatic rings. The van der Waals surface area contributed by atoms with Crippen molar-refractivity contribution in [3.05, 3.63) is 18.2 Å². The molecule has 1 aliphatic heterocycles. The van der Waals surface area contributed by atoms with E-state index in [-0.39, 0.29) is 11.8 Å². The molecule has 1 aliphatic carbocycles. The van der Waals surface area contributed by atoms with Crippen LogP contribution in [0.25, 0.3) is 0 Å². The molecule has 0 spiro atoms. The molecule has 0 saturated heterocycles. The molecule has 1 aromatic heterocycles. The molecule has 1 fully saturated rings. The number of likely N-dealkylation sites (N-methyl/N-ethyl adjacent to an activating group) is 2. The Morgan fingerprint density at radius 3 is 2.90 bits per heavy atom. The molecule has 2 heterocycles. The second-order valence-electron chi connectivity index (χ2n) is 6.20. The third-order valence-electron chi connectivity index (χ3n) is 4.62. The van der Waals surface area contributed by atoms with Crippen molar-refractivity contribution < 1.29 is 4.79 Å². The first-order chi connectivity index (χ1) is 9.65. The summed E-state index contributed by atoms with van der Waals surface area (Å²) >= 11 is 0. The van der Waals surface area contributed by atoms with Gasteiger partial charge in [-0.2, -0.15) is 0 Å². The van der Waals surface area contributed by atoms with Crippen LogP contribution in [0.15, 0.2) is 12.4 Å². The van der Waals surface area contributed by atoms with Crippen LogP contribution >= 0.6 is 0 Å². The molecular weight excluding hydrogens is 252 g/mol.